The van der Waals surface area contributed by atoms with E-state index in [0.717, 1.165) is 25.7 Å². The third-order valence-corrected chi connectivity index (χ3v) is 4.15. The monoisotopic (exact) mass is 301 g/mol. The predicted octanol–water partition coefficient (Wildman–Crippen LogP) is 1.18. The molecule has 0 radical (unpaired) electrons. The van der Waals surface area contributed by atoms with Crippen molar-refractivity contribution in [3.63, 3.8) is 0 Å². The van der Waals surface area contributed by atoms with Crippen LogP contribution in [0.4, 0.5) is 0 Å². The summed E-state index contributed by atoms with van der Waals surface area (Å²) in [5.41, 5.74) is -0.773. The molecule has 0 aromatic heterocycles. The van der Waals surface area contributed by atoms with Crippen LogP contribution in [0.15, 0.2) is 0 Å². The molecule has 0 saturated heterocycles. The molecule has 6 heteroatoms. The van der Waals surface area contributed by atoms with E-state index in [0.29, 0.717) is 45.3 Å². The molecular weight excluding hydrogens is 274 g/mol. The van der Waals surface area contributed by atoms with Crippen molar-refractivity contribution in [3.8, 4) is 0 Å². The molecule has 2 unspecified atom stereocenters. The Morgan fingerprint density at radius 2 is 2.05 bits per heavy atom. The highest BCUT2D eigenvalue weighted by Gasteiger charge is 2.48. The number of hydrogen-bond acceptors (Lipinski definition) is 5. The lowest BCUT2D eigenvalue weighted by atomic mass is 9.97. The first-order valence-electron chi connectivity index (χ1n) is 7.86. The first-order valence-corrected chi connectivity index (χ1v) is 7.86. The van der Waals surface area contributed by atoms with Gasteiger partial charge in [-0.15, -0.1) is 0 Å². The summed E-state index contributed by atoms with van der Waals surface area (Å²) >= 11 is 0. The number of aliphatic carboxylic acids is 1. The molecular formula is C15H27NO5. The van der Waals surface area contributed by atoms with Crippen LogP contribution >= 0.6 is 0 Å². The average Bonchev–Trinajstić information content (AvgIpc) is 3.16. The molecule has 0 aromatic carbocycles. The first-order chi connectivity index (χ1) is 10.2. The van der Waals surface area contributed by atoms with Gasteiger partial charge in [-0.1, -0.05) is 0 Å². The molecule has 2 aliphatic carbocycles. The molecule has 0 spiro atoms. The second-order valence-electron chi connectivity index (χ2n) is 6.00. The Morgan fingerprint density at radius 1 is 1.24 bits per heavy atom. The summed E-state index contributed by atoms with van der Waals surface area (Å²) in [5, 5.41) is 12.8. The van der Waals surface area contributed by atoms with Crippen LogP contribution in [0, 0.1) is 0 Å². The maximum absolute atomic E-state index is 11.6. The lowest BCUT2D eigenvalue weighted by Gasteiger charge is -2.26. The third-order valence-electron chi connectivity index (χ3n) is 4.15. The average molecular weight is 301 g/mol. The summed E-state index contributed by atoms with van der Waals surface area (Å²) in [7, 11) is 1.67. The maximum atomic E-state index is 11.6. The summed E-state index contributed by atoms with van der Waals surface area (Å²) in [4.78, 5) is 11.6. The van der Waals surface area contributed by atoms with E-state index in [-0.39, 0.29) is 6.10 Å². The van der Waals surface area contributed by atoms with Crippen molar-refractivity contribution in [1.29, 1.82) is 0 Å². The second kappa shape index (κ2) is 8.08. The van der Waals surface area contributed by atoms with Gasteiger partial charge in [0.25, 0.3) is 0 Å². The van der Waals surface area contributed by atoms with E-state index in [1.165, 1.54) is 0 Å². The Labute approximate surface area is 126 Å². The van der Waals surface area contributed by atoms with E-state index in [9.17, 15) is 9.90 Å². The van der Waals surface area contributed by atoms with Gasteiger partial charge in [0, 0.05) is 32.8 Å². The first kappa shape index (κ1) is 16.7. The molecule has 0 heterocycles. The number of rotatable bonds is 11. The standard InChI is InChI=1S/C15H27NO5/c1-19-7-2-8-20-9-10-21-13-5-6-15(11-13,14(17)18)16-12-3-4-12/h12-13,16H,2-11H2,1H3,(H,17,18). The van der Waals surface area contributed by atoms with Gasteiger partial charge in [0.05, 0.1) is 19.3 Å². The Balaban J connectivity index is 1.61. The molecule has 6 nitrogen and oxygen atoms in total. The largest absolute Gasteiger partial charge is 0.480 e. The molecule has 2 aliphatic rings. The summed E-state index contributed by atoms with van der Waals surface area (Å²) < 4.78 is 16.1. The summed E-state index contributed by atoms with van der Waals surface area (Å²) in [6.45, 7) is 2.45. The molecule has 0 bridgehead atoms. The molecule has 0 aromatic rings. The van der Waals surface area contributed by atoms with Gasteiger partial charge in [0.2, 0.25) is 0 Å². The lowest BCUT2D eigenvalue weighted by Crippen LogP contribution is -2.51. The summed E-state index contributed by atoms with van der Waals surface area (Å²) in [5.74, 6) is -0.740. The van der Waals surface area contributed by atoms with Gasteiger partial charge in [-0.3, -0.25) is 10.1 Å². The Bertz CT molecular complexity index is 334. The van der Waals surface area contributed by atoms with E-state index >= 15 is 0 Å². The zero-order valence-corrected chi connectivity index (χ0v) is 12.8. The van der Waals surface area contributed by atoms with E-state index in [1.807, 2.05) is 0 Å². The van der Waals surface area contributed by atoms with Crippen molar-refractivity contribution in [2.45, 2.75) is 56.2 Å². The number of hydrogen-bond donors (Lipinski definition) is 2. The minimum absolute atomic E-state index is 0.0231. The molecule has 2 N–H and O–H groups in total. The molecule has 122 valence electrons. The lowest BCUT2D eigenvalue weighted by molar-refractivity contribution is -0.145. The second-order valence-corrected chi connectivity index (χ2v) is 6.00. The van der Waals surface area contributed by atoms with Gasteiger partial charge < -0.3 is 19.3 Å². The summed E-state index contributed by atoms with van der Waals surface area (Å²) in [6.07, 6.45) is 5.10. The summed E-state index contributed by atoms with van der Waals surface area (Å²) in [6, 6.07) is 0.393. The van der Waals surface area contributed by atoms with Crippen LogP contribution in [0.5, 0.6) is 0 Å². The quantitative estimate of drug-likeness (QED) is 0.558. The number of carboxylic acid groups (broad SMARTS) is 1. The fraction of sp³-hybridized carbons (Fsp3) is 0.933. The smallest absolute Gasteiger partial charge is 0.324 e. The van der Waals surface area contributed by atoms with E-state index in [1.54, 1.807) is 7.11 Å². The number of methoxy groups -OCH3 is 1. The van der Waals surface area contributed by atoms with Gasteiger partial charge in [-0.25, -0.2) is 0 Å². The van der Waals surface area contributed by atoms with E-state index < -0.39 is 11.5 Å². The van der Waals surface area contributed by atoms with Crippen molar-refractivity contribution < 1.29 is 24.1 Å². The van der Waals surface area contributed by atoms with Gasteiger partial charge >= 0.3 is 5.97 Å². The zero-order chi connectivity index (χ0) is 15.1. The molecule has 2 fully saturated rings. The number of carbonyl (C=O) groups is 1. The van der Waals surface area contributed by atoms with Crippen LogP contribution < -0.4 is 5.32 Å². The Kier molecular flexibility index (Phi) is 6.41. The van der Waals surface area contributed by atoms with Crippen LogP contribution in [0.3, 0.4) is 0 Å². The number of ether oxygens (including phenoxy) is 3. The van der Waals surface area contributed by atoms with Crippen LogP contribution in [0.1, 0.15) is 38.5 Å². The van der Waals surface area contributed by atoms with Crippen molar-refractivity contribution in [3.05, 3.63) is 0 Å². The van der Waals surface area contributed by atoms with Gasteiger partial charge in [-0.2, -0.15) is 0 Å². The zero-order valence-electron chi connectivity index (χ0n) is 12.8. The Morgan fingerprint density at radius 3 is 2.71 bits per heavy atom. The molecule has 2 rings (SSSR count). The van der Waals surface area contributed by atoms with Crippen LogP contribution in [0.2, 0.25) is 0 Å². The van der Waals surface area contributed by atoms with E-state index in [2.05, 4.69) is 5.32 Å². The number of carboxylic acids is 1. The van der Waals surface area contributed by atoms with Crippen molar-refractivity contribution in [2.24, 2.45) is 0 Å². The fourth-order valence-corrected chi connectivity index (χ4v) is 2.83. The van der Waals surface area contributed by atoms with Crippen LogP contribution in [-0.4, -0.2) is 62.3 Å². The molecule has 0 amide bonds. The van der Waals surface area contributed by atoms with Crippen molar-refractivity contribution >= 4 is 5.97 Å². The van der Waals surface area contributed by atoms with Crippen molar-refractivity contribution in [1.82, 2.24) is 5.32 Å². The molecule has 21 heavy (non-hydrogen) atoms. The van der Waals surface area contributed by atoms with Crippen LogP contribution in [0.25, 0.3) is 0 Å². The minimum Gasteiger partial charge on any atom is -0.480 e. The topological polar surface area (TPSA) is 77.0 Å². The van der Waals surface area contributed by atoms with Crippen LogP contribution in [-0.2, 0) is 19.0 Å². The highest BCUT2D eigenvalue weighted by Crippen LogP contribution is 2.35. The molecule has 2 atom stereocenters. The van der Waals surface area contributed by atoms with Crippen molar-refractivity contribution in [2.75, 3.05) is 33.5 Å². The maximum Gasteiger partial charge on any atom is 0.324 e. The van der Waals surface area contributed by atoms with Gasteiger partial charge in [0.15, 0.2) is 0 Å². The van der Waals surface area contributed by atoms with Gasteiger partial charge in [-0.05, 0) is 32.1 Å². The highest BCUT2D eigenvalue weighted by atomic mass is 16.5. The number of nitrogens with one attached hydrogen (secondary N) is 1. The van der Waals surface area contributed by atoms with Gasteiger partial charge in [0.1, 0.15) is 5.54 Å². The predicted molar refractivity (Wildman–Crippen MR) is 77.4 cm³/mol. The normalized spacial score (nSPS) is 28.9. The molecule has 2 saturated carbocycles. The van der Waals surface area contributed by atoms with E-state index in [4.69, 9.17) is 14.2 Å². The fourth-order valence-electron chi connectivity index (χ4n) is 2.83. The minimum atomic E-state index is -0.773. The Hall–Kier alpha value is -0.690. The highest BCUT2D eigenvalue weighted by molar-refractivity contribution is 5.79. The SMILES string of the molecule is COCCCOCCOC1CCC(NC2CC2)(C(=O)O)C1. The molecule has 0 aliphatic heterocycles. The third kappa shape index (κ3) is 5.21.